The fourth-order valence-corrected chi connectivity index (χ4v) is 3.88. The number of halogens is 2. The van der Waals surface area contributed by atoms with Crippen molar-refractivity contribution in [2.75, 3.05) is 27.4 Å². The van der Waals surface area contributed by atoms with Gasteiger partial charge in [0.2, 0.25) is 5.78 Å². The molecule has 0 fully saturated rings. The minimum atomic E-state index is -0.867. The number of methoxy groups -OCH3 is 2. The summed E-state index contributed by atoms with van der Waals surface area (Å²) in [6, 6.07) is 3.21. The Morgan fingerprint density at radius 1 is 0.867 bits per heavy atom. The molecule has 0 amide bonds. The summed E-state index contributed by atoms with van der Waals surface area (Å²) in [6.07, 6.45) is -1.73. The lowest BCUT2D eigenvalue weighted by Crippen LogP contribution is -2.48. The van der Waals surface area contributed by atoms with Crippen molar-refractivity contribution in [3.8, 4) is 34.5 Å². The molecule has 0 saturated carbocycles. The Hall–Kier alpha value is -2.51. The molecule has 9 heteroatoms. The van der Waals surface area contributed by atoms with E-state index >= 15 is 0 Å². The van der Waals surface area contributed by atoms with Gasteiger partial charge in [0, 0.05) is 23.3 Å². The number of hydrogen-bond acceptors (Lipinski definition) is 7. The van der Waals surface area contributed by atoms with E-state index in [0.717, 1.165) is 0 Å². The second kappa shape index (κ2) is 7.96. The van der Waals surface area contributed by atoms with Crippen LogP contribution in [0.1, 0.15) is 11.1 Å². The summed E-state index contributed by atoms with van der Waals surface area (Å²) in [5.74, 6) is 2.34. The molecule has 0 aliphatic carbocycles. The molecule has 0 aromatic heterocycles. The maximum atomic E-state index is 13.1. The third-order valence-electron chi connectivity index (χ3n) is 5.12. The molecule has 2 aromatic rings. The van der Waals surface area contributed by atoms with E-state index in [9.17, 15) is 4.79 Å². The second-order valence-electron chi connectivity index (χ2n) is 6.93. The number of carbonyl (C=O) groups is 1. The van der Waals surface area contributed by atoms with E-state index in [-0.39, 0.29) is 19.0 Å². The Labute approximate surface area is 183 Å². The Morgan fingerprint density at radius 2 is 1.27 bits per heavy atom. The van der Waals surface area contributed by atoms with Crippen LogP contribution in [0.4, 0.5) is 0 Å². The Kier molecular flexibility index (Phi) is 5.51. The third-order valence-corrected chi connectivity index (χ3v) is 6.05. The first kappa shape index (κ1) is 20.8. The van der Waals surface area contributed by atoms with Gasteiger partial charge in [-0.15, -0.1) is 0 Å². The highest BCUT2D eigenvalue weighted by Gasteiger charge is 2.38. The highest BCUT2D eigenvalue weighted by molar-refractivity contribution is 6.33. The number of ketones is 1. The van der Waals surface area contributed by atoms with Crippen molar-refractivity contribution < 1.29 is 33.2 Å². The van der Waals surface area contributed by atoms with Crippen molar-refractivity contribution in [3.05, 3.63) is 33.3 Å². The van der Waals surface area contributed by atoms with E-state index in [1.165, 1.54) is 14.2 Å². The van der Waals surface area contributed by atoms with Crippen LogP contribution in [0, 0.1) is 13.8 Å². The number of fused-ring (bicyclic) bond motifs is 2. The van der Waals surface area contributed by atoms with Crippen molar-refractivity contribution >= 4 is 29.0 Å². The van der Waals surface area contributed by atoms with Gasteiger partial charge in [0.15, 0.2) is 35.2 Å². The van der Waals surface area contributed by atoms with Gasteiger partial charge in [-0.3, -0.25) is 4.79 Å². The quantitative estimate of drug-likeness (QED) is 0.685. The molecular weight excluding hydrogens is 435 g/mol. The fraction of sp³-hybridized carbons (Fsp3) is 0.381. The van der Waals surface area contributed by atoms with Crippen molar-refractivity contribution in [1.82, 2.24) is 0 Å². The van der Waals surface area contributed by atoms with Crippen LogP contribution < -0.4 is 28.4 Å². The molecule has 0 radical (unpaired) electrons. The van der Waals surface area contributed by atoms with Gasteiger partial charge >= 0.3 is 0 Å². The normalized spacial score (nSPS) is 19.3. The first-order chi connectivity index (χ1) is 14.3. The molecule has 0 saturated heterocycles. The molecule has 7 nitrogen and oxygen atoms in total. The molecule has 2 unspecified atom stereocenters. The lowest BCUT2D eigenvalue weighted by molar-refractivity contribution is -0.137. The first-order valence-electron chi connectivity index (χ1n) is 9.22. The molecule has 2 atom stereocenters. The second-order valence-corrected chi connectivity index (χ2v) is 7.68. The molecule has 0 bridgehead atoms. The SMILES string of the molecule is COc1cc2c(c(C)c1Cl)OCC(C(=O)C1COc3c(cc(OC)c(Cl)c3C)O1)O2. The van der Waals surface area contributed by atoms with E-state index in [2.05, 4.69) is 0 Å². The van der Waals surface area contributed by atoms with Crippen LogP contribution in [0.2, 0.25) is 10.0 Å². The van der Waals surface area contributed by atoms with Gasteiger partial charge in [-0.1, -0.05) is 23.2 Å². The highest BCUT2D eigenvalue weighted by atomic mass is 35.5. The van der Waals surface area contributed by atoms with E-state index in [1.54, 1.807) is 26.0 Å². The molecule has 2 aromatic carbocycles. The van der Waals surface area contributed by atoms with Gasteiger partial charge < -0.3 is 28.4 Å². The molecule has 30 heavy (non-hydrogen) atoms. The minimum Gasteiger partial charge on any atom is -0.495 e. The van der Waals surface area contributed by atoms with E-state index in [1.807, 2.05) is 0 Å². The summed E-state index contributed by atoms with van der Waals surface area (Å²) < 4.78 is 33.9. The van der Waals surface area contributed by atoms with Crippen molar-refractivity contribution in [2.24, 2.45) is 0 Å². The van der Waals surface area contributed by atoms with Gasteiger partial charge in [0.25, 0.3) is 0 Å². The topological polar surface area (TPSA) is 72.5 Å². The third kappa shape index (κ3) is 3.36. The van der Waals surface area contributed by atoms with E-state index < -0.39 is 12.2 Å². The van der Waals surface area contributed by atoms with Crippen molar-refractivity contribution in [2.45, 2.75) is 26.1 Å². The predicted molar refractivity (Wildman–Crippen MR) is 110 cm³/mol. The molecule has 0 N–H and O–H groups in total. The predicted octanol–water partition coefficient (Wildman–Crippen LogP) is 4.18. The lowest BCUT2D eigenvalue weighted by atomic mass is 10.1. The molecule has 2 heterocycles. The fourth-order valence-electron chi connectivity index (χ4n) is 3.45. The zero-order valence-electron chi connectivity index (χ0n) is 16.8. The molecule has 2 aliphatic rings. The first-order valence-corrected chi connectivity index (χ1v) is 9.98. The number of rotatable bonds is 4. The summed E-state index contributed by atoms with van der Waals surface area (Å²) in [5, 5.41) is 0.876. The monoisotopic (exact) mass is 454 g/mol. The van der Waals surface area contributed by atoms with Gasteiger partial charge in [-0.2, -0.15) is 0 Å². The van der Waals surface area contributed by atoms with E-state index in [4.69, 9.17) is 51.6 Å². The maximum Gasteiger partial charge on any atom is 0.220 e. The Bertz CT molecular complexity index is 942. The standard InChI is InChI=1S/C21H20Cl2O7/c1-9-17(22)11(25-3)5-13-20(9)27-7-15(29-13)19(24)16-8-28-21-10(2)18(23)12(26-4)6-14(21)30-16/h5-6,15-16H,7-8H2,1-4H3. The van der Waals surface area contributed by atoms with Gasteiger partial charge in [0.1, 0.15) is 24.7 Å². The Balaban J connectivity index is 1.56. The molecular formula is C21H20Cl2O7. The van der Waals surface area contributed by atoms with Crippen LogP contribution >= 0.6 is 23.2 Å². The van der Waals surface area contributed by atoms with Crippen molar-refractivity contribution in [1.29, 1.82) is 0 Å². The number of hydrogen-bond donors (Lipinski definition) is 0. The van der Waals surface area contributed by atoms with Crippen LogP contribution in [0.25, 0.3) is 0 Å². The average molecular weight is 455 g/mol. The van der Waals surface area contributed by atoms with Crippen LogP contribution in [-0.4, -0.2) is 45.4 Å². The van der Waals surface area contributed by atoms with Crippen LogP contribution in [0.5, 0.6) is 34.5 Å². The summed E-state index contributed by atoms with van der Waals surface area (Å²) in [5.41, 5.74) is 1.37. The number of carbonyl (C=O) groups excluding carboxylic acids is 1. The zero-order chi connectivity index (χ0) is 21.6. The summed E-state index contributed by atoms with van der Waals surface area (Å²) >= 11 is 12.5. The summed E-state index contributed by atoms with van der Waals surface area (Å²) in [7, 11) is 3.01. The van der Waals surface area contributed by atoms with Crippen LogP contribution in [-0.2, 0) is 4.79 Å². The van der Waals surface area contributed by atoms with Gasteiger partial charge in [-0.05, 0) is 13.8 Å². The Morgan fingerprint density at radius 3 is 1.63 bits per heavy atom. The van der Waals surface area contributed by atoms with Gasteiger partial charge in [0.05, 0.1) is 24.3 Å². The smallest absolute Gasteiger partial charge is 0.220 e. The molecule has 0 spiro atoms. The minimum absolute atomic E-state index is 0.0328. The molecule has 2 aliphatic heterocycles. The van der Waals surface area contributed by atoms with E-state index in [0.29, 0.717) is 55.7 Å². The summed E-state index contributed by atoms with van der Waals surface area (Å²) in [6.45, 7) is 3.66. The average Bonchev–Trinajstić information content (AvgIpc) is 2.77. The van der Waals surface area contributed by atoms with Gasteiger partial charge in [-0.25, -0.2) is 0 Å². The zero-order valence-corrected chi connectivity index (χ0v) is 18.3. The number of ether oxygens (including phenoxy) is 6. The molecule has 4 rings (SSSR count). The number of benzene rings is 2. The number of Topliss-reactive ketones (excluding diaryl/α,β-unsaturated/α-hetero) is 1. The van der Waals surface area contributed by atoms with Crippen LogP contribution in [0.3, 0.4) is 0 Å². The van der Waals surface area contributed by atoms with Crippen molar-refractivity contribution in [3.63, 3.8) is 0 Å². The van der Waals surface area contributed by atoms with Crippen LogP contribution in [0.15, 0.2) is 12.1 Å². The molecule has 160 valence electrons. The maximum absolute atomic E-state index is 13.1. The largest absolute Gasteiger partial charge is 0.495 e. The summed E-state index contributed by atoms with van der Waals surface area (Å²) in [4.78, 5) is 13.1. The highest BCUT2D eigenvalue weighted by Crippen LogP contribution is 2.46. The lowest BCUT2D eigenvalue weighted by Gasteiger charge is -2.32.